The lowest BCUT2D eigenvalue weighted by Crippen LogP contribution is -2.30. The summed E-state index contributed by atoms with van der Waals surface area (Å²) in [6.45, 7) is 5.77. The molecule has 1 aromatic rings. The predicted octanol–water partition coefficient (Wildman–Crippen LogP) is 3.63. The molecule has 0 aliphatic heterocycles. The van der Waals surface area contributed by atoms with Crippen molar-refractivity contribution < 1.29 is 14.3 Å². The minimum atomic E-state index is -0.498. The normalized spacial score (nSPS) is 11.0. The summed E-state index contributed by atoms with van der Waals surface area (Å²) in [4.78, 5) is 26.9. The van der Waals surface area contributed by atoms with Gasteiger partial charge in [0.2, 0.25) is 0 Å². The molecule has 2 amide bonds. The Bertz CT molecular complexity index is 524. The molecule has 8 heteroatoms. The third-order valence-corrected chi connectivity index (χ3v) is 2.67. The molecule has 0 unspecified atom stereocenters. The highest BCUT2D eigenvalue weighted by Gasteiger charge is 2.15. The Morgan fingerprint density at radius 3 is 2.36 bits per heavy atom. The van der Waals surface area contributed by atoms with E-state index in [-0.39, 0.29) is 22.7 Å². The Labute approximate surface area is 139 Å². The summed E-state index contributed by atoms with van der Waals surface area (Å²) in [6.07, 6.45) is 0.727. The number of halogens is 2. The van der Waals surface area contributed by atoms with E-state index < -0.39 is 11.6 Å². The number of aromatic nitrogens is 1. The molecule has 0 spiro atoms. The second kappa shape index (κ2) is 8.19. The van der Waals surface area contributed by atoms with Crippen molar-refractivity contribution in [1.29, 1.82) is 0 Å². The minimum absolute atomic E-state index is 0.188. The zero-order valence-electron chi connectivity index (χ0n) is 12.7. The van der Waals surface area contributed by atoms with Crippen molar-refractivity contribution in [1.82, 2.24) is 10.3 Å². The van der Waals surface area contributed by atoms with Crippen LogP contribution in [0.2, 0.25) is 10.3 Å². The lowest BCUT2D eigenvalue weighted by Gasteiger charge is -2.19. The van der Waals surface area contributed by atoms with E-state index in [9.17, 15) is 9.59 Å². The molecule has 0 atom stereocenters. The van der Waals surface area contributed by atoms with Gasteiger partial charge in [-0.1, -0.05) is 23.2 Å². The van der Waals surface area contributed by atoms with Gasteiger partial charge in [0.05, 0.1) is 0 Å². The fourth-order valence-electron chi connectivity index (χ4n) is 1.54. The fraction of sp³-hybridized carbons (Fsp3) is 0.500. The van der Waals surface area contributed by atoms with Crippen LogP contribution in [0.4, 0.5) is 10.5 Å². The molecular formula is C14H19Cl2N3O3. The number of rotatable bonds is 5. The van der Waals surface area contributed by atoms with Crippen LogP contribution in [0.3, 0.4) is 0 Å². The van der Waals surface area contributed by atoms with E-state index in [0.29, 0.717) is 18.7 Å². The first-order valence-corrected chi connectivity index (χ1v) is 7.51. The molecule has 2 N–H and O–H groups in total. The average molecular weight is 348 g/mol. The van der Waals surface area contributed by atoms with Crippen LogP contribution in [-0.4, -0.2) is 29.1 Å². The number of amides is 2. The number of esters is 1. The average Bonchev–Trinajstić information content (AvgIpc) is 2.31. The standard InChI is InChI=1S/C14H19Cl2N3O3/c1-14(2,3)22-12(20)5-4-6-17-13(21)18-9-7-10(15)19-11(16)8-9/h7-8H,4-6H2,1-3H3,(H2,17,18,19,21). The Balaban J connectivity index is 2.28. The van der Waals surface area contributed by atoms with Gasteiger partial charge < -0.3 is 15.4 Å². The van der Waals surface area contributed by atoms with Crippen molar-refractivity contribution in [3.05, 3.63) is 22.4 Å². The Morgan fingerprint density at radius 1 is 1.23 bits per heavy atom. The molecule has 6 nitrogen and oxygen atoms in total. The molecule has 1 rings (SSSR count). The van der Waals surface area contributed by atoms with Crippen LogP contribution >= 0.6 is 23.2 Å². The van der Waals surface area contributed by atoms with Crippen LogP contribution in [0.25, 0.3) is 0 Å². The summed E-state index contributed by atoms with van der Waals surface area (Å²) in [5.41, 5.74) is -0.0588. The topological polar surface area (TPSA) is 80.3 Å². The molecule has 0 bridgehead atoms. The van der Waals surface area contributed by atoms with Gasteiger partial charge in [0, 0.05) is 18.7 Å². The predicted molar refractivity (Wildman–Crippen MR) is 86.4 cm³/mol. The van der Waals surface area contributed by atoms with Crippen LogP contribution in [0, 0.1) is 0 Å². The van der Waals surface area contributed by atoms with Gasteiger partial charge in [-0.15, -0.1) is 0 Å². The molecule has 1 heterocycles. The van der Waals surface area contributed by atoms with Crippen LogP contribution in [0.1, 0.15) is 33.6 Å². The van der Waals surface area contributed by atoms with Gasteiger partial charge in [-0.05, 0) is 39.3 Å². The number of pyridine rings is 1. The number of carbonyl (C=O) groups is 2. The van der Waals surface area contributed by atoms with E-state index in [1.165, 1.54) is 12.1 Å². The molecule has 0 saturated carbocycles. The van der Waals surface area contributed by atoms with Crippen molar-refractivity contribution in [2.75, 3.05) is 11.9 Å². The van der Waals surface area contributed by atoms with Crippen LogP contribution in [0.15, 0.2) is 12.1 Å². The number of nitrogens with zero attached hydrogens (tertiary/aromatic N) is 1. The second-order valence-electron chi connectivity index (χ2n) is 5.57. The second-order valence-corrected chi connectivity index (χ2v) is 6.35. The molecule has 0 aromatic carbocycles. The zero-order chi connectivity index (χ0) is 16.8. The van der Waals surface area contributed by atoms with E-state index >= 15 is 0 Å². The molecule has 0 radical (unpaired) electrons. The van der Waals surface area contributed by atoms with E-state index in [4.69, 9.17) is 27.9 Å². The van der Waals surface area contributed by atoms with E-state index in [1.807, 2.05) is 20.8 Å². The van der Waals surface area contributed by atoms with Gasteiger partial charge in [0.15, 0.2) is 0 Å². The first kappa shape index (κ1) is 18.5. The number of hydrogen-bond donors (Lipinski definition) is 2. The maximum atomic E-state index is 11.7. The third kappa shape index (κ3) is 8.05. The van der Waals surface area contributed by atoms with Gasteiger partial charge >= 0.3 is 12.0 Å². The highest BCUT2D eigenvalue weighted by atomic mass is 35.5. The molecule has 22 heavy (non-hydrogen) atoms. The number of carbonyl (C=O) groups excluding carboxylic acids is 2. The fourth-order valence-corrected chi connectivity index (χ4v) is 2.00. The Hall–Kier alpha value is -1.53. The van der Waals surface area contributed by atoms with Crippen LogP contribution < -0.4 is 10.6 Å². The minimum Gasteiger partial charge on any atom is -0.460 e. The van der Waals surface area contributed by atoms with Crippen LogP contribution in [-0.2, 0) is 9.53 Å². The highest BCUT2D eigenvalue weighted by Crippen LogP contribution is 2.18. The van der Waals surface area contributed by atoms with Crippen LogP contribution in [0.5, 0.6) is 0 Å². The lowest BCUT2D eigenvalue weighted by molar-refractivity contribution is -0.154. The molecule has 0 fully saturated rings. The van der Waals surface area contributed by atoms with Gasteiger partial charge in [-0.3, -0.25) is 4.79 Å². The SMILES string of the molecule is CC(C)(C)OC(=O)CCCNC(=O)Nc1cc(Cl)nc(Cl)c1. The smallest absolute Gasteiger partial charge is 0.319 e. The Morgan fingerprint density at radius 2 is 1.82 bits per heavy atom. The summed E-state index contributed by atoms with van der Waals surface area (Å²) in [6, 6.07) is 2.55. The molecule has 122 valence electrons. The number of anilines is 1. The first-order valence-electron chi connectivity index (χ1n) is 6.75. The van der Waals surface area contributed by atoms with Crippen molar-refractivity contribution in [2.24, 2.45) is 0 Å². The summed E-state index contributed by atoms with van der Waals surface area (Å²) < 4.78 is 5.16. The monoisotopic (exact) mass is 347 g/mol. The van der Waals surface area contributed by atoms with E-state index in [1.54, 1.807) is 0 Å². The largest absolute Gasteiger partial charge is 0.460 e. The number of urea groups is 1. The number of hydrogen-bond acceptors (Lipinski definition) is 4. The number of nitrogens with one attached hydrogen (secondary N) is 2. The number of ether oxygens (including phenoxy) is 1. The zero-order valence-corrected chi connectivity index (χ0v) is 14.2. The van der Waals surface area contributed by atoms with Crippen molar-refractivity contribution in [3.63, 3.8) is 0 Å². The van der Waals surface area contributed by atoms with Gasteiger partial charge in [0.25, 0.3) is 0 Å². The summed E-state index contributed by atoms with van der Waals surface area (Å²) in [5, 5.41) is 5.57. The van der Waals surface area contributed by atoms with Crippen molar-refractivity contribution in [3.8, 4) is 0 Å². The molecular weight excluding hydrogens is 329 g/mol. The van der Waals surface area contributed by atoms with E-state index in [0.717, 1.165) is 0 Å². The third-order valence-electron chi connectivity index (χ3n) is 2.28. The summed E-state index contributed by atoms with van der Waals surface area (Å²) in [5.74, 6) is -0.289. The first-order chi connectivity index (χ1) is 10.2. The van der Waals surface area contributed by atoms with Gasteiger partial charge in [-0.25, -0.2) is 9.78 Å². The molecule has 0 aliphatic rings. The Kier molecular flexibility index (Phi) is 6.90. The quantitative estimate of drug-likeness (QED) is 0.484. The molecule has 0 saturated heterocycles. The van der Waals surface area contributed by atoms with Crippen molar-refractivity contribution >= 4 is 40.9 Å². The lowest BCUT2D eigenvalue weighted by atomic mass is 10.2. The van der Waals surface area contributed by atoms with Gasteiger partial charge in [0.1, 0.15) is 15.9 Å². The maximum Gasteiger partial charge on any atom is 0.319 e. The summed E-state index contributed by atoms with van der Waals surface area (Å²) in [7, 11) is 0. The molecule has 1 aromatic heterocycles. The van der Waals surface area contributed by atoms with Crippen molar-refractivity contribution in [2.45, 2.75) is 39.2 Å². The highest BCUT2D eigenvalue weighted by molar-refractivity contribution is 6.32. The van der Waals surface area contributed by atoms with E-state index in [2.05, 4.69) is 15.6 Å². The maximum absolute atomic E-state index is 11.7. The van der Waals surface area contributed by atoms with Gasteiger partial charge in [-0.2, -0.15) is 0 Å². The molecule has 0 aliphatic carbocycles. The summed E-state index contributed by atoms with van der Waals surface area (Å²) >= 11 is 11.5.